The molecule has 7 nitrogen and oxygen atoms in total. The number of aromatic nitrogens is 6. The predicted octanol–water partition coefficient (Wildman–Crippen LogP) is 2.96. The topological polar surface area (TPSA) is 92.2 Å². The number of nitrogens with zero attached hydrogens (tertiary/aromatic N) is 4. The molecular weight excluding hydrogens is 328 g/mol. The van der Waals surface area contributed by atoms with E-state index in [-0.39, 0.29) is 0 Å². The van der Waals surface area contributed by atoms with Crippen LogP contribution in [-0.2, 0) is 0 Å². The van der Waals surface area contributed by atoms with Crippen LogP contribution < -0.4 is 5.69 Å². The molecule has 5 rings (SSSR count). The second-order valence-corrected chi connectivity index (χ2v) is 6.15. The SMILES string of the molecule is Cc1ccc(-c2n[nH]c3nc(=O)nc4c3c2[nH]n4-c2ccccc2)cc1. The van der Waals surface area contributed by atoms with E-state index in [1.165, 1.54) is 5.56 Å². The Balaban J connectivity index is 1.90. The Bertz CT molecular complexity index is 1300. The van der Waals surface area contributed by atoms with Gasteiger partial charge in [-0.15, -0.1) is 0 Å². The largest absolute Gasteiger partial charge is 0.371 e. The van der Waals surface area contributed by atoms with Crippen molar-refractivity contribution in [3.63, 3.8) is 0 Å². The highest BCUT2D eigenvalue weighted by atomic mass is 16.1. The number of benzene rings is 2. The minimum atomic E-state index is -0.552. The molecule has 0 spiro atoms. The highest BCUT2D eigenvalue weighted by molar-refractivity contribution is 6.07. The summed E-state index contributed by atoms with van der Waals surface area (Å²) in [6, 6.07) is 17.8. The number of para-hydroxylation sites is 1. The molecule has 0 radical (unpaired) electrons. The molecule has 0 atom stereocenters. The number of aromatic amines is 2. The van der Waals surface area contributed by atoms with Crippen LogP contribution in [-0.4, -0.2) is 29.9 Å². The molecule has 5 aromatic rings. The standard InChI is InChI=1S/C19H14N6O/c1-11-7-9-12(10-8-11)15-16-14-17(23-22-15)20-19(26)21-18(14)25(24-16)13-5-3-2-4-6-13/h2-10,24H,1H3,(H,20,21,23,26). The van der Waals surface area contributed by atoms with Crippen LogP contribution in [0.15, 0.2) is 59.4 Å². The maximum atomic E-state index is 11.9. The molecule has 0 fully saturated rings. The molecule has 0 saturated heterocycles. The van der Waals surface area contributed by atoms with Crippen LogP contribution in [0.1, 0.15) is 5.56 Å². The molecule has 126 valence electrons. The van der Waals surface area contributed by atoms with E-state index in [0.29, 0.717) is 11.3 Å². The molecule has 0 amide bonds. The number of nitrogens with one attached hydrogen (secondary N) is 2. The zero-order chi connectivity index (χ0) is 17.7. The smallest absolute Gasteiger partial charge is 0.289 e. The van der Waals surface area contributed by atoms with E-state index in [0.717, 1.165) is 27.8 Å². The van der Waals surface area contributed by atoms with Gasteiger partial charge >= 0.3 is 5.69 Å². The Morgan fingerprint density at radius 3 is 2.50 bits per heavy atom. The molecule has 0 bridgehead atoms. The van der Waals surface area contributed by atoms with Crippen molar-refractivity contribution in [3.05, 3.63) is 70.6 Å². The van der Waals surface area contributed by atoms with Crippen LogP contribution in [0.2, 0.25) is 0 Å². The van der Waals surface area contributed by atoms with Gasteiger partial charge in [0.1, 0.15) is 5.69 Å². The second kappa shape index (κ2) is 5.38. The van der Waals surface area contributed by atoms with Crippen molar-refractivity contribution in [1.82, 2.24) is 29.9 Å². The highest BCUT2D eigenvalue weighted by Gasteiger charge is 2.18. The quantitative estimate of drug-likeness (QED) is 0.516. The van der Waals surface area contributed by atoms with Gasteiger partial charge in [-0.1, -0.05) is 48.0 Å². The molecule has 3 heterocycles. The molecule has 0 aliphatic rings. The molecule has 0 aliphatic carbocycles. The Labute approximate surface area is 147 Å². The second-order valence-electron chi connectivity index (χ2n) is 6.15. The van der Waals surface area contributed by atoms with Gasteiger partial charge < -0.3 is 0 Å². The first-order chi connectivity index (χ1) is 12.7. The van der Waals surface area contributed by atoms with Gasteiger partial charge in [0.2, 0.25) is 0 Å². The maximum Gasteiger partial charge on any atom is 0.371 e. The highest BCUT2D eigenvalue weighted by Crippen LogP contribution is 2.30. The van der Waals surface area contributed by atoms with Crippen LogP contribution >= 0.6 is 0 Å². The van der Waals surface area contributed by atoms with Crippen LogP contribution in [0.4, 0.5) is 0 Å². The Morgan fingerprint density at radius 1 is 0.962 bits per heavy atom. The predicted molar refractivity (Wildman–Crippen MR) is 99.3 cm³/mol. The molecule has 0 aliphatic heterocycles. The van der Waals surface area contributed by atoms with E-state index in [1.807, 2.05) is 61.5 Å². The Kier molecular flexibility index (Phi) is 3.02. The summed E-state index contributed by atoms with van der Waals surface area (Å²) < 4.78 is 1.79. The lowest BCUT2D eigenvalue weighted by Crippen LogP contribution is -2.12. The van der Waals surface area contributed by atoms with Crippen molar-refractivity contribution >= 4 is 22.2 Å². The number of hydrogen-bond donors (Lipinski definition) is 2. The van der Waals surface area contributed by atoms with E-state index in [2.05, 4.69) is 25.3 Å². The third kappa shape index (κ3) is 2.14. The number of aryl methyl sites for hydroxylation is 1. The van der Waals surface area contributed by atoms with Gasteiger partial charge in [-0.25, -0.2) is 9.48 Å². The van der Waals surface area contributed by atoms with Gasteiger partial charge in [0.05, 0.1) is 16.6 Å². The van der Waals surface area contributed by atoms with Gasteiger partial charge in [-0.05, 0) is 19.1 Å². The summed E-state index contributed by atoms with van der Waals surface area (Å²) in [5, 5.41) is 11.4. The first-order valence-corrected chi connectivity index (χ1v) is 8.20. The van der Waals surface area contributed by atoms with Crippen molar-refractivity contribution in [2.75, 3.05) is 0 Å². The third-order valence-corrected chi connectivity index (χ3v) is 4.40. The average Bonchev–Trinajstić information content (AvgIpc) is 3.04. The minimum Gasteiger partial charge on any atom is -0.289 e. The summed E-state index contributed by atoms with van der Waals surface area (Å²) in [7, 11) is 0. The fraction of sp³-hybridized carbons (Fsp3) is 0.0526. The Morgan fingerprint density at radius 2 is 1.73 bits per heavy atom. The fourth-order valence-electron chi connectivity index (χ4n) is 3.14. The van der Waals surface area contributed by atoms with Crippen molar-refractivity contribution in [2.45, 2.75) is 6.92 Å². The number of rotatable bonds is 2. The van der Waals surface area contributed by atoms with Crippen LogP contribution in [0.25, 0.3) is 39.1 Å². The van der Waals surface area contributed by atoms with Gasteiger partial charge in [-0.3, -0.25) is 10.2 Å². The van der Waals surface area contributed by atoms with E-state index >= 15 is 0 Å². The first-order valence-electron chi connectivity index (χ1n) is 8.20. The van der Waals surface area contributed by atoms with Crippen LogP contribution in [0, 0.1) is 6.92 Å². The molecule has 2 aromatic carbocycles. The molecule has 0 saturated carbocycles. The van der Waals surface area contributed by atoms with Crippen molar-refractivity contribution in [3.8, 4) is 16.9 Å². The van der Waals surface area contributed by atoms with E-state index in [9.17, 15) is 4.79 Å². The zero-order valence-electron chi connectivity index (χ0n) is 13.9. The van der Waals surface area contributed by atoms with Crippen molar-refractivity contribution in [2.24, 2.45) is 0 Å². The lowest BCUT2D eigenvalue weighted by Gasteiger charge is -2.03. The monoisotopic (exact) mass is 342 g/mol. The van der Waals surface area contributed by atoms with Gasteiger partial charge in [0.25, 0.3) is 0 Å². The zero-order valence-corrected chi connectivity index (χ0v) is 13.9. The molecule has 3 aromatic heterocycles. The summed E-state index contributed by atoms with van der Waals surface area (Å²) in [6.45, 7) is 2.04. The van der Waals surface area contributed by atoms with E-state index < -0.39 is 5.69 Å². The van der Waals surface area contributed by atoms with Crippen molar-refractivity contribution < 1.29 is 0 Å². The lowest BCUT2D eigenvalue weighted by molar-refractivity contribution is 0.906. The summed E-state index contributed by atoms with van der Waals surface area (Å²) >= 11 is 0. The average molecular weight is 342 g/mol. The first kappa shape index (κ1) is 14.6. The van der Waals surface area contributed by atoms with E-state index in [1.54, 1.807) is 4.68 Å². The molecule has 26 heavy (non-hydrogen) atoms. The summed E-state index contributed by atoms with van der Waals surface area (Å²) in [4.78, 5) is 20.0. The molecular formula is C19H14N6O. The normalized spacial score (nSPS) is 11.4. The van der Waals surface area contributed by atoms with Crippen LogP contribution in [0.3, 0.4) is 0 Å². The van der Waals surface area contributed by atoms with Crippen molar-refractivity contribution in [1.29, 1.82) is 0 Å². The fourth-order valence-corrected chi connectivity index (χ4v) is 3.14. The van der Waals surface area contributed by atoms with Gasteiger partial charge in [0.15, 0.2) is 11.3 Å². The van der Waals surface area contributed by atoms with E-state index in [4.69, 9.17) is 0 Å². The third-order valence-electron chi connectivity index (χ3n) is 4.40. The number of hydrogen-bond acceptors (Lipinski definition) is 4. The lowest BCUT2D eigenvalue weighted by atomic mass is 10.1. The molecule has 2 N–H and O–H groups in total. The summed E-state index contributed by atoms with van der Waals surface area (Å²) in [6.07, 6.45) is 0. The summed E-state index contributed by atoms with van der Waals surface area (Å²) in [5.74, 6) is 0. The van der Waals surface area contributed by atoms with Gasteiger partial charge in [-0.2, -0.15) is 15.1 Å². The van der Waals surface area contributed by atoms with Crippen LogP contribution in [0.5, 0.6) is 0 Å². The number of H-pyrrole nitrogens is 2. The maximum absolute atomic E-state index is 11.9. The molecule has 7 heteroatoms. The van der Waals surface area contributed by atoms with Gasteiger partial charge in [0, 0.05) is 5.56 Å². The Hall–Kier alpha value is -3.74. The minimum absolute atomic E-state index is 0.414. The summed E-state index contributed by atoms with van der Waals surface area (Å²) in [5.41, 5.74) is 4.92. The molecule has 0 unspecified atom stereocenters.